The van der Waals surface area contributed by atoms with Gasteiger partial charge in [-0.1, -0.05) is 50.2 Å². The van der Waals surface area contributed by atoms with Gasteiger partial charge in [-0.05, 0) is 36.1 Å². The second-order valence-electron chi connectivity index (χ2n) is 7.08. The molecule has 0 fully saturated rings. The van der Waals surface area contributed by atoms with E-state index in [0.717, 1.165) is 11.3 Å². The highest BCUT2D eigenvalue weighted by atomic mass is 35.5. The van der Waals surface area contributed by atoms with E-state index < -0.39 is 11.9 Å². The predicted molar refractivity (Wildman–Crippen MR) is 124 cm³/mol. The largest absolute Gasteiger partial charge is 0.368 e. The fourth-order valence-electron chi connectivity index (χ4n) is 2.86. The van der Waals surface area contributed by atoms with Crippen molar-refractivity contribution in [2.45, 2.75) is 32.9 Å². The van der Waals surface area contributed by atoms with Crippen molar-refractivity contribution in [2.24, 2.45) is 17.4 Å². The van der Waals surface area contributed by atoms with E-state index in [1.165, 1.54) is 0 Å². The van der Waals surface area contributed by atoms with E-state index >= 15 is 0 Å². The summed E-state index contributed by atoms with van der Waals surface area (Å²) in [5.74, 6) is -0.293. The van der Waals surface area contributed by atoms with Crippen molar-refractivity contribution in [1.82, 2.24) is 0 Å². The number of rotatable bonds is 9. The molecule has 2 rings (SSSR count). The van der Waals surface area contributed by atoms with Gasteiger partial charge in [0.2, 0.25) is 11.8 Å². The normalized spacial score (nSPS) is 11.0. The third-order valence-electron chi connectivity index (χ3n) is 4.10. The molecule has 0 radical (unpaired) electrons. The van der Waals surface area contributed by atoms with Gasteiger partial charge in [0.15, 0.2) is 0 Å². The fraction of sp³-hybridized carbons (Fsp3) is 0.333. The van der Waals surface area contributed by atoms with Crippen molar-refractivity contribution in [3.05, 3.63) is 60.2 Å². The molecular formula is C21H30Cl2N4O2. The number of nitrogens with one attached hydrogen (secondary N) is 1. The third-order valence-corrected chi connectivity index (χ3v) is 4.10. The number of halogens is 2. The number of benzene rings is 2. The van der Waals surface area contributed by atoms with E-state index in [2.05, 4.69) is 5.32 Å². The molecule has 8 heteroatoms. The maximum atomic E-state index is 12.3. The summed E-state index contributed by atoms with van der Waals surface area (Å²) < 4.78 is 0. The molecule has 0 unspecified atom stereocenters. The number of primary amides is 1. The first kappa shape index (κ1) is 26.7. The summed E-state index contributed by atoms with van der Waals surface area (Å²) in [7, 11) is 0. The molecule has 5 N–H and O–H groups in total. The molecule has 0 saturated heterocycles. The van der Waals surface area contributed by atoms with Crippen molar-refractivity contribution in [2.75, 3.05) is 16.8 Å². The number of anilines is 2. The molecule has 0 spiro atoms. The summed E-state index contributed by atoms with van der Waals surface area (Å²) in [6, 6.07) is 16.6. The summed E-state index contributed by atoms with van der Waals surface area (Å²) in [6.07, 6.45) is 0.618. The van der Waals surface area contributed by atoms with E-state index in [0.29, 0.717) is 24.6 Å². The molecule has 0 aliphatic heterocycles. The van der Waals surface area contributed by atoms with Crippen LogP contribution in [0, 0.1) is 5.92 Å². The van der Waals surface area contributed by atoms with Gasteiger partial charge in [-0.15, -0.1) is 24.8 Å². The minimum atomic E-state index is -0.556. The molecular weight excluding hydrogens is 411 g/mol. The van der Waals surface area contributed by atoms with Crippen LogP contribution in [0.2, 0.25) is 0 Å². The number of amides is 2. The highest BCUT2D eigenvalue weighted by Crippen LogP contribution is 2.22. The zero-order valence-corrected chi connectivity index (χ0v) is 18.3. The van der Waals surface area contributed by atoms with Gasteiger partial charge in [0.1, 0.15) is 0 Å². The van der Waals surface area contributed by atoms with Crippen LogP contribution in [-0.4, -0.2) is 24.4 Å². The van der Waals surface area contributed by atoms with Gasteiger partial charge < -0.3 is 21.7 Å². The molecule has 0 aromatic heterocycles. The molecule has 2 aromatic rings. The topological polar surface area (TPSA) is 101 Å². The van der Waals surface area contributed by atoms with Crippen LogP contribution in [-0.2, 0) is 16.1 Å². The quantitative estimate of drug-likeness (QED) is 0.556. The van der Waals surface area contributed by atoms with E-state index in [4.69, 9.17) is 11.5 Å². The van der Waals surface area contributed by atoms with Gasteiger partial charge in [0, 0.05) is 17.9 Å². The number of nitrogens with two attached hydrogens (primary N) is 2. The van der Waals surface area contributed by atoms with E-state index in [-0.39, 0.29) is 37.3 Å². The molecule has 0 heterocycles. The zero-order chi connectivity index (χ0) is 19.8. The lowest BCUT2D eigenvalue weighted by Gasteiger charge is -2.24. The Balaban J connectivity index is 0.00000392. The Morgan fingerprint density at radius 2 is 1.69 bits per heavy atom. The van der Waals surface area contributed by atoms with Crippen molar-refractivity contribution in [3.8, 4) is 0 Å². The second-order valence-corrected chi connectivity index (χ2v) is 7.08. The lowest BCUT2D eigenvalue weighted by atomic mass is 10.0. The Bertz CT molecular complexity index is 772. The molecule has 1 atom stereocenters. The van der Waals surface area contributed by atoms with Gasteiger partial charge >= 0.3 is 0 Å². The third kappa shape index (κ3) is 9.17. The van der Waals surface area contributed by atoms with E-state index in [1.807, 2.05) is 67.3 Å². The fourth-order valence-corrected chi connectivity index (χ4v) is 2.86. The Hall–Kier alpha value is -2.28. The number of nitrogens with zero attached hydrogens (tertiary/aromatic N) is 1. The molecule has 6 nitrogen and oxygen atoms in total. The predicted octanol–water partition coefficient (Wildman–Crippen LogP) is 3.33. The standard InChI is InChI=1S/C21H28N4O2.2ClH/c1-15(2)11-19(22)21(27)24-17-9-6-10-18(12-17)25(14-20(23)26)13-16-7-4-3-5-8-16;;/h3-10,12,15,19H,11,13-14,22H2,1-2H3,(H2,23,26)(H,24,27);2*1H/t19-;;/m0../s1. The van der Waals surface area contributed by atoms with Crippen LogP contribution in [0.3, 0.4) is 0 Å². The molecule has 0 saturated carbocycles. The number of hydrogen-bond donors (Lipinski definition) is 3. The van der Waals surface area contributed by atoms with Crippen molar-refractivity contribution in [1.29, 1.82) is 0 Å². The van der Waals surface area contributed by atoms with E-state index in [1.54, 1.807) is 6.07 Å². The highest BCUT2D eigenvalue weighted by molar-refractivity contribution is 5.95. The zero-order valence-electron chi connectivity index (χ0n) is 16.7. The van der Waals surface area contributed by atoms with Crippen LogP contribution in [0.4, 0.5) is 11.4 Å². The lowest BCUT2D eigenvalue weighted by Crippen LogP contribution is -2.36. The van der Waals surface area contributed by atoms with Crippen LogP contribution in [0.15, 0.2) is 54.6 Å². The molecule has 29 heavy (non-hydrogen) atoms. The van der Waals surface area contributed by atoms with Crippen molar-refractivity contribution >= 4 is 48.0 Å². The first-order valence-corrected chi connectivity index (χ1v) is 9.09. The minimum Gasteiger partial charge on any atom is -0.368 e. The Kier molecular flexibility index (Phi) is 12.0. The number of carbonyl (C=O) groups excluding carboxylic acids is 2. The van der Waals surface area contributed by atoms with Crippen LogP contribution in [0.25, 0.3) is 0 Å². The van der Waals surface area contributed by atoms with Gasteiger partial charge in [0.05, 0.1) is 12.6 Å². The highest BCUT2D eigenvalue weighted by Gasteiger charge is 2.16. The molecule has 160 valence electrons. The number of hydrogen-bond acceptors (Lipinski definition) is 4. The van der Waals surface area contributed by atoms with Gasteiger partial charge in [-0.25, -0.2) is 0 Å². The smallest absolute Gasteiger partial charge is 0.241 e. The average Bonchev–Trinajstić information content (AvgIpc) is 2.61. The van der Waals surface area contributed by atoms with Crippen LogP contribution < -0.4 is 21.7 Å². The summed E-state index contributed by atoms with van der Waals surface area (Å²) in [5.41, 5.74) is 13.9. The average molecular weight is 441 g/mol. The Morgan fingerprint density at radius 1 is 1.03 bits per heavy atom. The molecule has 0 aliphatic rings. The first-order valence-electron chi connectivity index (χ1n) is 9.09. The van der Waals surface area contributed by atoms with Gasteiger partial charge in [-0.2, -0.15) is 0 Å². The Morgan fingerprint density at radius 3 is 2.28 bits per heavy atom. The molecule has 2 aromatic carbocycles. The van der Waals surface area contributed by atoms with Crippen LogP contribution >= 0.6 is 24.8 Å². The summed E-state index contributed by atoms with van der Waals surface area (Å²) in [4.78, 5) is 25.7. The van der Waals surface area contributed by atoms with Crippen molar-refractivity contribution in [3.63, 3.8) is 0 Å². The van der Waals surface area contributed by atoms with E-state index in [9.17, 15) is 9.59 Å². The van der Waals surface area contributed by atoms with Crippen LogP contribution in [0.5, 0.6) is 0 Å². The number of carbonyl (C=O) groups is 2. The lowest BCUT2D eigenvalue weighted by molar-refractivity contribution is -0.118. The van der Waals surface area contributed by atoms with Crippen LogP contribution in [0.1, 0.15) is 25.8 Å². The molecule has 2 amide bonds. The first-order chi connectivity index (χ1) is 12.8. The SMILES string of the molecule is CC(C)C[C@H](N)C(=O)Nc1cccc(N(CC(N)=O)Cc2ccccc2)c1.Cl.Cl. The van der Waals surface area contributed by atoms with Gasteiger partial charge in [0.25, 0.3) is 0 Å². The Labute approximate surface area is 184 Å². The van der Waals surface area contributed by atoms with Gasteiger partial charge in [-0.3, -0.25) is 9.59 Å². The maximum Gasteiger partial charge on any atom is 0.241 e. The summed E-state index contributed by atoms with van der Waals surface area (Å²) >= 11 is 0. The van der Waals surface area contributed by atoms with Crippen molar-refractivity contribution < 1.29 is 9.59 Å². The molecule has 0 aliphatic carbocycles. The minimum absolute atomic E-state index is 0. The monoisotopic (exact) mass is 440 g/mol. The summed E-state index contributed by atoms with van der Waals surface area (Å²) in [6.45, 7) is 4.67. The molecule has 0 bridgehead atoms. The summed E-state index contributed by atoms with van der Waals surface area (Å²) in [5, 5.41) is 2.85. The second kappa shape index (κ2) is 13.0. The maximum absolute atomic E-state index is 12.3.